The van der Waals surface area contributed by atoms with Crippen LogP contribution in [0.25, 0.3) is 11.1 Å². The van der Waals surface area contributed by atoms with Crippen LogP contribution < -0.4 is 5.73 Å². The summed E-state index contributed by atoms with van der Waals surface area (Å²) in [5.41, 5.74) is 8.33. The van der Waals surface area contributed by atoms with Crippen molar-refractivity contribution in [3.8, 4) is 0 Å². The zero-order valence-corrected chi connectivity index (χ0v) is 8.77. The maximum atomic E-state index is 9.33. The number of benzene rings is 1. The smallest absolute Gasteiger partial charge is 0.215 e. The third kappa shape index (κ3) is 1.86. The molecule has 0 aliphatic rings. The fraction of sp³-hybridized carbons (Fsp3) is 0.364. The Labute approximate surface area is 87.7 Å². The van der Waals surface area contributed by atoms with E-state index >= 15 is 0 Å². The molecule has 3 N–H and O–H groups in total. The number of aromatic nitrogens is 1. The molecule has 2 unspecified atom stereocenters. The molecule has 0 saturated heterocycles. The lowest BCUT2D eigenvalue weighted by Crippen LogP contribution is -2.23. The minimum Gasteiger partial charge on any atom is -0.439 e. The molecule has 0 amide bonds. The van der Waals surface area contributed by atoms with Gasteiger partial charge >= 0.3 is 0 Å². The van der Waals surface area contributed by atoms with Crippen LogP contribution in [-0.2, 0) is 0 Å². The summed E-state index contributed by atoms with van der Waals surface area (Å²) in [6, 6.07) is 5.16. The minimum atomic E-state index is -0.667. The quantitative estimate of drug-likeness (QED) is 0.781. The monoisotopic (exact) mass is 206 g/mol. The Morgan fingerprint density at radius 2 is 2.20 bits per heavy atom. The Bertz CT molecular complexity index is 476. The normalized spacial score (nSPS) is 15.5. The topological polar surface area (TPSA) is 72.3 Å². The van der Waals surface area contributed by atoms with E-state index in [-0.39, 0.29) is 0 Å². The summed E-state index contributed by atoms with van der Waals surface area (Å²) in [5, 5.41) is 9.33. The average molecular weight is 206 g/mol. The summed E-state index contributed by atoms with van der Waals surface area (Å²) >= 11 is 0. The van der Waals surface area contributed by atoms with E-state index in [1.54, 1.807) is 6.92 Å². The van der Waals surface area contributed by atoms with Crippen LogP contribution in [0.15, 0.2) is 22.6 Å². The number of aliphatic hydroxyl groups is 1. The van der Waals surface area contributed by atoms with Crippen LogP contribution in [0.5, 0.6) is 0 Å². The van der Waals surface area contributed by atoms with Crippen molar-refractivity contribution in [2.24, 2.45) is 5.73 Å². The highest BCUT2D eigenvalue weighted by atomic mass is 16.4. The van der Waals surface area contributed by atoms with Crippen molar-refractivity contribution in [2.45, 2.75) is 26.0 Å². The van der Waals surface area contributed by atoms with Gasteiger partial charge in [-0.05, 0) is 31.5 Å². The lowest BCUT2D eigenvalue weighted by Gasteiger charge is -2.09. The van der Waals surface area contributed by atoms with E-state index in [1.807, 2.05) is 25.1 Å². The van der Waals surface area contributed by atoms with E-state index in [9.17, 15) is 5.11 Å². The van der Waals surface area contributed by atoms with Crippen molar-refractivity contribution in [3.05, 3.63) is 29.7 Å². The van der Waals surface area contributed by atoms with E-state index in [0.717, 1.165) is 11.1 Å². The summed E-state index contributed by atoms with van der Waals surface area (Å²) in [6.07, 6.45) is -0.667. The number of rotatable bonds is 2. The Morgan fingerprint density at radius 1 is 1.47 bits per heavy atom. The number of oxazole rings is 1. The molecule has 2 atom stereocenters. The van der Waals surface area contributed by atoms with Crippen LogP contribution in [-0.4, -0.2) is 16.2 Å². The second kappa shape index (κ2) is 3.64. The predicted molar refractivity (Wildman–Crippen MR) is 57.4 cm³/mol. The molecule has 1 heterocycles. The fourth-order valence-electron chi connectivity index (χ4n) is 1.40. The SMILES string of the molecule is Cc1ccc2oc(C(N)C(C)O)nc2c1. The van der Waals surface area contributed by atoms with Crippen molar-refractivity contribution in [3.63, 3.8) is 0 Å². The van der Waals surface area contributed by atoms with E-state index in [1.165, 1.54) is 0 Å². The maximum Gasteiger partial charge on any atom is 0.215 e. The molecular formula is C11H14N2O2. The lowest BCUT2D eigenvalue weighted by atomic mass is 10.2. The van der Waals surface area contributed by atoms with Crippen molar-refractivity contribution >= 4 is 11.1 Å². The molecular weight excluding hydrogens is 192 g/mol. The van der Waals surface area contributed by atoms with Gasteiger partial charge in [0, 0.05) is 0 Å². The molecule has 0 saturated carbocycles. The van der Waals surface area contributed by atoms with Gasteiger partial charge in [0.1, 0.15) is 11.6 Å². The standard InChI is InChI=1S/C11H14N2O2/c1-6-3-4-9-8(5-6)13-11(15-9)10(12)7(2)14/h3-5,7,10,14H,12H2,1-2H3. The van der Waals surface area contributed by atoms with Gasteiger partial charge in [-0.3, -0.25) is 0 Å². The van der Waals surface area contributed by atoms with Crippen LogP contribution in [0.2, 0.25) is 0 Å². The molecule has 0 radical (unpaired) electrons. The molecule has 1 aromatic heterocycles. The molecule has 0 aliphatic carbocycles. The van der Waals surface area contributed by atoms with Gasteiger partial charge in [0.25, 0.3) is 0 Å². The first kappa shape index (κ1) is 10.1. The van der Waals surface area contributed by atoms with Gasteiger partial charge in [-0.25, -0.2) is 4.98 Å². The second-order valence-electron chi connectivity index (χ2n) is 3.79. The van der Waals surface area contributed by atoms with Gasteiger partial charge in [0.05, 0.1) is 6.10 Å². The van der Waals surface area contributed by atoms with Crippen LogP contribution >= 0.6 is 0 Å². The zero-order chi connectivity index (χ0) is 11.0. The molecule has 2 aromatic rings. The largest absolute Gasteiger partial charge is 0.439 e. The molecule has 0 bridgehead atoms. The molecule has 4 heteroatoms. The van der Waals surface area contributed by atoms with Gasteiger partial charge in [-0.15, -0.1) is 0 Å². The molecule has 1 aromatic carbocycles. The third-order valence-electron chi connectivity index (χ3n) is 2.36. The van der Waals surface area contributed by atoms with E-state index in [0.29, 0.717) is 11.5 Å². The van der Waals surface area contributed by atoms with Crippen molar-refractivity contribution < 1.29 is 9.52 Å². The minimum absolute atomic E-state index is 0.380. The highest BCUT2D eigenvalue weighted by Crippen LogP contribution is 2.21. The van der Waals surface area contributed by atoms with Crippen molar-refractivity contribution in [2.75, 3.05) is 0 Å². The van der Waals surface area contributed by atoms with Crippen molar-refractivity contribution in [1.82, 2.24) is 4.98 Å². The van der Waals surface area contributed by atoms with E-state index < -0.39 is 12.1 Å². The zero-order valence-electron chi connectivity index (χ0n) is 8.77. The van der Waals surface area contributed by atoms with Gasteiger partial charge in [-0.2, -0.15) is 0 Å². The van der Waals surface area contributed by atoms with E-state index in [2.05, 4.69) is 4.98 Å². The lowest BCUT2D eigenvalue weighted by molar-refractivity contribution is 0.152. The first-order chi connectivity index (χ1) is 7.08. The molecule has 15 heavy (non-hydrogen) atoms. The fourth-order valence-corrected chi connectivity index (χ4v) is 1.40. The van der Waals surface area contributed by atoms with Gasteiger partial charge < -0.3 is 15.3 Å². The molecule has 80 valence electrons. The maximum absolute atomic E-state index is 9.33. The van der Waals surface area contributed by atoms with Gasteiger partial charge in [-0.1, -0.05) is 6.07 Å². The van der Waals surface area contributed by atoms with Crippen LogP contribution in [0, 0.1) is 6.92 Å². The van der Waals surface area contributed by atoms with Gasteiger partial charge in [0.15, 0.2) is 5.58 Å². The van der Waals surface area contributed by atoms with Crippen LogP contribution in [0.1, 0.15) is 24.4 Å². The second-order valence-corrected chi connectivity index (χ2v) is 3.79. The predicted octanol–water partition coefficient (Wildman–Crippen LogP) is 1.52. The number of nitrogens with two attached hydrogens (primary N) is 1. The summed E-state index contributed by atoms with van der Waals surface area (Å²) in [6.45, 7) is 3.60. The number of aliphatic hydroxyl groups excluding tert-OH is 1. The first-order valence-electron chi connectivity index (χ1n) is 4.88. The number of fused-ring (bicyclic) bond motifs is 1. The summed E-state index contributed by atoms with van der Waals surface area (Å²) in [7, 11) is 0. The summed E-state index contributed by atoms with van der Waals surface area (Å²) in [5.74, 6) is 0.380. The Morgan fingerprint density at radius 3 is 2.87 bits per heavy atom. The molecule has 0 fully saturated rings. The third-order valence-corrected chi connectivity index (χ3v) is 2.36. The molecule has 0 spiro atoms. The summed E-state index contributed by atoms with van der Waals surface area (Å²) < 4.78 is 5.45. The average Bonchev–Trinajstić information content (AvgIpc) is 2.58. The first-order valence-corrected chi connectivity index (χ1v) is 4.88. The number of hydrogen-bond acceptors (Lipinski definition) is 4. The van der Waals surface area contributed by atoms with Crippen molar-refractivity contribution in [1.29, 1.82) is 0 Å². The number of nitrogens with zero attached hydrogens (tertiary/aromatic N) is 1. The summed E-state index contributed by atoms with van der Waals surface area (Å²) in [4.78, 5) is 4.24. The molecule has 2 rings (SSSR count). The Hall–Kier alpha value is -1.39. The van der Waals surface area contributed by atoms with E-state index in [4.69, 9.17) is 10.2 Å². The van der Waals surface area contributed by atoms with Crippen LogP contribution in [0.4, 0.5) is 0 Å². The molecule has 0 aliphatic heterocycles. The highest BCUT2D eigenvalue weighted by Gasteiger charge is 2.18. The number of aryl methyl sites for hydroxylation is 1. The highest BCUT2D eigenvalue weighted by molar-refractivity contribution is 5.73. The van der Waals surface area contributed by atoms with Gasteiger partial charge in [0.2, 0.25) is 5.89 Å². The Kier molecular flexibility index (Phi) is 2.46. The number of hydrogen-bond donors (Lipinski definition) is 2. The van der Waals surface area contributed by atoms with Crippen LogP contribution in [0.3, 0.4) is 0 Å². The Balaban J connectivity index is 2.47. The molecule has 4 nitrogen and oxygen atoms in total.